The summed E-state index contributed by atoms with van der Waals surface area (Å²) in [6.45, 7) is 4.47. The molecule has 9 heteroatoms. The van der Waals surface area contributed by atoms with Crippen molar-refractivity contribution in [3.63, 3.8) is 0 Å². The minimum Gasteiger partial charge on any atom is -0.457 e. The Hall–Kier alpha value is -1.33. The van der Waals surface area contributed by atoms with Crippen molar-refractivity contribution in [2.75, 3.05) is 26.4 Å². The first kappa shape index (κ1) is 46.7. The number of aliphatic hydroxyl groups is 4. The van der Waals surface area contributed by atoms with Gasteiger partial charge in [-0.2, -0.15) is 0 Å². The van der Waals surface area contributed by atoms with Crippen LogP contribution in [0.1, 0.15) is 168 Å². The average Bonchev–Trinajstić information content (AvgIpc) is 3.11. The van der Waals surface area contributed by atoms with Crippen LogP contribution in [-0.2, 0) is 23.7 Å². The second-order valence-electron chi connectivity index (χ2n) is 14.1. The molecule has 1 heterocycles. The Labute approximate surface area is 305 Å². The van der Waals surface area contributed by atoms with Gasteiger partial charge in [-0.15, -0.1) is 0 Å². The van der Waals surface area contributed by atoms with E-state index in [2.05, 4.69) is 38.2 Å². The van der Waals surface area contributed by atoms with Crippen molar-refractivity contribution in [3.8, 4) is 0 Å². The van der Waals surface area contributed by atoms with Gasteiger partial charge in [0.2, 0.25) is 0 Å². The van der Waals surface area contributed by atoms with Gasteiger partial charge in [-0.25, -0.2) is 0 Å². The van der Waals surface area contributed by atoms with Gasteiger partial charge in [0, 0.05) is 13.0 Å². The first-order valence-corrected chi connectivity index (χ1v) is 20.4. The highest BCUT2D eigenvalue weighted by molar-refractivity contribution is 5.69. The third-order valence-electron chi connectivity index (χ3n) is 9.32. The fourth-order valence-corrected chi connectivity index (χ4v) is 6.08. The molecule has 1 rings (SSSR count). The van der Waals surface area contributed by atoms with Crippen molar-refractivity contribution in [1.82, 2.24) is 0 Å². The lowest BCUT2D eigenvalue weighted by Crippen LogP contribution is -2.59. The molecule has 0 aromatic heterocycles. The van der Waals surface area contributed by atoms with Crippen molar-refractivity contribution in [2.45, 2.75) is 205 Å². The second-order valence-corrected chi connectivity index (χ2v) is 14.1. The number of esters is 1. The minimum atomic E-state index is -1.54. The summed E-state index contributed by atoms with van der Waals surface area (Å²) >= 11 is 0. The Morgan fingerprint density at radius 3 is 1.70 bits per heavy atom. The zero-order chi connectivity index (χ0) is 36.5. The van der Waals surface area contributed by atoms with Crippen LogP contribution in [0, 0.1) is 0 Å². The summed E-state index contributed by atoms with van der Waals surface area (Å²) in [4.78, 5) is 12.7. The van der Waals surface area contributed by atoms with Crippen LogP contribution in [0.3, 0.4) is 0 Å². The molecule has 0 aromatic rings. The third kappa shape index (κ3) is 24.8. The van der Waals surface area contributed by atoms with Crippen LogP contribution < -0.4 is 0 Å². The Balaban J connectivity index is 2.28. The molecule has 294 valence electrons. The summed E-state index contributed by atoms with van der Waals surface area (Å²) in [5.41, 5.74) is 0. The number of hydrogen-bond acceptors (Lipinski definition) is 9. The van der Waals surface area contributed by atoms with Crippen molar-refractivity contribution >= 4 is 5.97 Å². The van der Waals surface area contributed by atoms with E-state index >= 15 is 0 Å². The van der Waals surface area contributed by atoms with Crippen LogP contribution >= 0.6 is 0 Å². The topological polar surface area (TPSA) is 135 Å². The van der Waals surface area contributed by atoms with E-state index in [0.29, 0.717) is 13.0 Å². The van der Waals surface area contributed by atoms with Crippen LogP contribution in [0.15, 0.2) is 24.3 Å². The van der Waals surface area contributed by atoms with Gasteiger partial charge >= 0.3 is 5.97 Å². The highest BCUT2D eigenvalue weighted by atomic mass is 16.7. The van der Waals surface area contributed by atoms with Crippen molar-refractivity contribution < 1.29 is 44.2 Å². The van der Waals surface area contributed by atoms with E-state index in [1.165, 1.54) is 89.9 Å². The number of ether oxygens (including phenoxy) is 4. The quantitative estimate of drug-likeness (QED) is 0.0296. The van der Waals surface area contributed by atoms with E-state index in [0.717, 1.165) is 57.8 Å². The number of carbonyl (C=O) groups excluding carboxylic acids is 1. The number of hydrogen-bond donors (Lipinski definition) is 4. The maximum absolute atomic E-state index is 12.7. The molecule has 0 aliphatic carbocycles. The molecule has 6 unspecified atom stereocenters. The highest BCUT2D eigenvalue weighted by Crippen LogP contribution is 2.22. The second kappa shape index (κ2) is 33.5. The Kier molecular flexibility index (Phi) is 31.3. The fraction of sp³-hybridized carbons (Fsp3) is 0.878. The molecule has 6 atom stereocenters. The molecule has 50 heavy (non-hydrogen) atoms. The summed E-state index contributed by atoms with van der Waals surface area (Å²) in [5.74, 6) is -0.328. The SMILES string of the molecule is CCC/C=C\CCCCCCCC(=O)OC(COCCCCCCCC/C=C\CCCCCCCCC)COC1OC(CO)C(O)C(O)C1O. The summed E-state index contributed by atoms with van der Waals surface area (Å²) in [7, 11) is 0. The zero-order valence-corrected chi connectivity index (χ0v) is 31.9. The molecule has 0 spiro atoms. The van der Waals surface area contributed by atoms with Gasteiger partial charge in [0.05, 0.1) is 19.8 Å². The monoisotopic (exact) mass is 713 g/mol. The number of aliphatic hydroxyl groups excluding tert-OH is 4. The predicted octanol–water partition coefficient (Wildman–Crippen LogP) is 8.25. The zero-order valence-electron chi connectivity index (χ0n) is 31.9. The van der Waals surface area contributed by atoms with E-state index < -0.39 is 43.4 Å². The molecule has 9 nitrogen and oxygen atoms in total. The van der Waals surface area contributed by atoms with Gasteiger partial charge in [-0.05, 0) is 57.8 Å². The molecule has 0 aromatic carbocycles. The van der Waals surface area contributed by atoms with Crippen molar-refractivity contribution in [1.29, 1.82) is 0 Å². The molecule has 0 bridgehead atoms. The molecular weight excluding hydrogens is 636 g/mol. The Morgan fingerprint density at radius 2 is 1.14 bits per heavy atom. The molecule has 0 saturated carbocycles. The molecule has 4 N–H and O–H groups in total. The summed E-state index contributed by atoms with van der Waals surface area (Å²) < 4.78 is 22.7. The standard InChI is InChI=1S/C41H76O9/c1-3-5-7-9-11-13-15-16-17-18-19-20-21-23-25-27-29-31-47-33-35(34-48-41-40(46)39(45)38(44)36(32-42)50-41)49-37(43)30-28-26-24-22-14-12-10-8-6-4-2/h8,10,17-18,35-36,38-42,44-46H,3-7,9,11-16,19-34H2,1-2H3/b10-8-,18-17-. The average molecular weight is 713 g/mol. The van der Waals surface area contributed by atoms with Gasteiger partial charge in [0.25, 0.3) is 0 Å². The molecule has 0 amide bonds. The molecule has 1 fully saturated rings. The third-order valence-corrected chi connectivity index (χ3v) is 9.32. The van der Waals surface area contributed by atoms with Crippen LogP contribution in [0.25, 0.3) is 0 Å². The van der Waals surface area contributed by atoms with E-state index in [1.54, 1.807) is 0 Å². The van der Waals surface area contributed by atoms with Gasteiger partial charge in [0.1, 0.15) is 30.5 Å². The van der Waals surface area contributed by atoms with E-state index in [4.69, 9.17) is 18.9 Å². The molecule has 1 aliphatic rings. The lowest BCUT2D eigenvalue weighted by atomic mass is 9.99. The van der Waals surface area contributed by atoms with Crippen molar-refractivity contribution in [3.05, 3.63) is 24.3 Å². The lowest BCUT2D eigenvalue weighted by molar-refractivity contribution is -0.305. The summed E-state index contributed by atoms with van der Waals surface area (Å²) in [5, 5.41) is 39.9. The number of allylic oxidation sites excluding steroid dienone is 4. The van der Waals surface area contributed by atoms with Crippen LogP contribution in [0.4, 0.5) is 0 Å². The van der Waals surface area contributed by atoms with E-state index in [-0.39, 0.29) is 19.2 Å². The van der Waals surface area contributed by atoms with Crippen LogP contribution in [0.5, 0.6) is 0 Å². The van der Waals surface area contributed by atoms with Gasteiger partial charge in [-0.3, -0.25) is 4.79 Å². The highest BCUT2D eigenvalue weighted by Gasteiger charge is 2.44. The Bertz CT molecular complexity index is 818. The van der Waals surface area contributed by atoms with Gasteiger partial charge < -0.3 is 39.4 Å². The Morgan fingerprint density at radius 1 is 0.620 bits per heavy atom. The maximum Gasteiger partial charge on any atom is 0.306 e. The van der Waals surface area contributed by atoms with Gasteiger partial charge in [0.15, 0.2) is 6.29 Å². The van der Waals surface area contributed by atoms with E-state index in [1.807, 2.05) is 0 Å². The number of carbonyl (C=O) groups is 1. The molecule has 1 saturated heterocycles. The summed E-state index contributed by atoms with van der Waals surface area (Å²) in [6, 6.07) is 0. The molecular formula is C41H76O9. The molecule has 0 radical (unpaired) electrons. The number of rotatable bonds is 34. The summed E-state index contributed by atoms with van der Waals surface area (Å²) in [6.07, 6.45) is 29.2. The maximum atomic E-state index is 12.7. The minimum absolute atomic E-state index is 0.118. The first-order valence-electron chi connectivity index (χ1n) is 20.4. The predicted molar refractivity (Wildman–Crippen MR) is 201 cm³/mol. The lowest BCUT2D eigenvalue weighted by Gasteiger charge is -2.39. The van der Waals surface area contributed by atoms with Crippen LogP contribution in [0.2, 0.25) is 0 Å². The smallest absolute Gasteiger partial charge is 0.306 e. The van der Waals surface area contributed by atoms with Crippen molar-refractivity contribution in [2.24, 2.45) is 0 Å². The normalized spacial score (nSPS) is 21.8. The van der Waals surface area contributed by atoms with E-state index in [9.17, 15) is 25.2 Å². The van der Waals surface area contributed by atoms with Crippen LogP contribution in [-0.4, -0.2) is 89.6 Å². The van der Waals surface area contributed by atoms with Gasteiger partial charge in [-0.1, -0.05) is 128 Å². The molecule has 1 aliphatic heterocycles. The number of unbranched alkanes of at least 4 members (excludes halogenated alkanes) is 19. The fourth-order valence-electron chi connectivity index (χ4n) is 6.08. The largest absolute Gasteiger partial charge is 0.457 e. The first-order chi connectivity index (χ1) is 24.4.